The molecule has 1 heterocycles. The van der Waals surface area contributed by atoms with Crippen LogP contribution in [0.15, 0.2) is 59.1 Å². The normalized spacial score (nSPS) is 10.4. The minimum Gasteiger partial charge on any atom is -0.458 e. The summed E-state index contributed by atoms with van der Waals surface area (Å²) in [5.74, 6) is -0.486. The van der Waals surface area contributed by atoms with Crippen LogP contribution in [0.25, 0.3) is 11.3 Å². The number of amides is 1. The molecule has 2 aromatic carbocycles. The van der Waals surface area contributed by atoms with Gasteiger partial charge in [-0.2, -0.15) is 0 Å². The van der Waals surface area contributed by atoms with E-state index in [9.17, 15) is 9.59 Å². The van der Waals surface area contributed by atoms with E-state index in [-0.39, 0.29) is 18.2 Å². The molecule has 0 atom stereocenters. The Hall–Kier alpha value is -2.83. The molecule has 0 aliphatic heterocycles. The Bertz CT molecular complexity index is 957. The van der Waals surface area contributed by atoms with Crippen molar-refractivity contribution in [3.63, 3.8) is 0 Å². The van der Waals surface area contributed by atoms with Crippen LogP contribution in [0, 0.1) is 0 Å². The second-order valence-electron chi connectivity index (χ2n) is 5.52. The third-order valence-electron chi connectivity index (χ3n) is 3.57. The predicted octanol–water partition coefficient (Wildman–Crippen LogP) is 4.12. The number of esters is 1. The molecular weight excluding hydrogens is 391 g/mol. The summed E-state index contributed by atoms with van der Waals surface area (Å²) in [7, 11) is 0. The Morgan fingerprint density at radius 1 is 1.04 bits per heavy atom. The number of rotatable bonds is 6. The van der Waals surface area contributed by atoms with E-state index in [1.165, 1.54) is 18.2 Å². The molecule has 27 heavy (non-hydrogen) atoms. The summed E-state index contributed by atoms with van der Waals surface area (Å²) < 4.78 is 10.3. The lowest BCUT2D eigenvalue weighted by Gasteiger charge is -2.06. The fourth-order valence-corrected chi connectivity index (χ4v) is 2.51. The molecule has 0 aliphatic rings. The van der Waals surface area contributed by atoms with Crippen LogP contribution in [0.2, 0.25) is 10.0 Å². The largest absolute Gasteiger partial charge is 0.458 e. The average Bonchev–Trinajstić information content (AvgIpc) is 3.16. The van der Waals surface area contributed by atoms with E-state index in [2.05, 4.69) is 10.5 Å². The highest BCUT2D eigenvalue weighted by molar-refractivity contribution is 6.42. The average molecular weight is 405 g/mol. The van der Waals surface area contributed by atoms with Crippen LogP contribution in [-0.4, -0.2) is 23.6 Å². The van der Waals surface area contributed by atoms with Crippen LogP contribution in [0.4, 0.5) is 0 Å². The van der Waals surface area contributed by atoms with Crippen molar-refractivity contribution in [2.75, 3.05) is 6.54 Å². The first kappa shape index (κ1) is 18.9. The molecule has 0 bridgehead atoms. The highest BCUT2D eigenvalue weighted by Gasteiger charge is 2.12. The lowest BCUT2D eigenvalue weighted by atomic mass is 10.2. The smallest absolute Gasteiger partial charge is 0.325 e. The van der Waals surface area contributed by atoms with Gasteiger partial charge < -0.3 is 14.6 Å². The van der Waals surface area contributed by atoms with E-state index in [1.807, 2.05) is 30.3 Å². The molecule has 0 spiro atoms. The standard InChI is InChI=1S/C19H14Cl2N2O4/c20-15-7-6-13(8-16(15)21)19(25)22-10-18(24)26-11-14-9-17(27-23-14)12-4-2-1-3-5-12/h1-9H,10-11H2,(H,22,25). The number of carbonyl (C=O) groups is 2. The van der Waals surface area contributed by atoms with Crippen LogP contribution in [-0.2, 0) is 16.1 Å². The predicted molar refractivity (Wildman–Crippen MR) is 101 cm³/mol. The van der Waals surface area contributed by atoms with Gasteiger partial charge in [-0.15, -0.1) is 0 Å². The molecule has 6 nitrogen and oxygen atoms in total. The van der Waals surface area contributed by atoms with Gasteiger partial charge in [-0.1, -0.05) is 58.7 Å². The van der Waals surface area contributed by atoms with Crippen LogP contribution in [0.5, 0.6) is 0 Å². The van der Waals surface area contributed by atoms with E-state index in [0.29, 0.717) is 22.0 Å². The molecule has 1 N–H and O–H groups in total. The Labute approximate surface area is 165 Å². The van der Waals surface area contributed by atoms with Crippen molar-refractivity contribution in [3.05, 3.63) is 75.9 Å². The van der Waals surface area contributed by atoms with Crippen molar-refractivity contribution in [2.24, 2.45) is 0 Å². The van der Waals surface area contributed by atoms with Crippen molar-refractivity contribution >= 4 is 35.1 Å². The van der Waals surface area contributed by atoms with Crippen LogP contribution in [0.1, 0.15) is 16.1 Å². The molecule has 8 heteroatoms. The van der Waals surface area contributed by atoms with E-state index in [4.69, 9.17) is 32.5 Å². The lowest BCUT2D eigenvalue weighted by Crippen LogP contribution is -2.30. The number of halogens is 2. The third kappa shape index (κ3) is 5.09. The molecule has 1 amide bonds. The first-order valence-electron chi connectivity index (χ1n) is 7.93. The minimum atomic E-state index is -0.604. The Balaban J connectivity index is 1.48. The monoisotopic (exact) mass is 404 g/mol. The summed E-state index contributed by atoms with van der Waals surface area (Å²) in [6.07, 6.45) is 0. The maximum Gasteiger partial charge on any atom is 0.325 e. The van der Waals surface area contributed by atoms with Gasteiger partial charge in [-0.05, 0) is 18.2 Å². The highest BCUT2D eigenvalue weighted by Crippen LogP contribution is 2.22. The zero-order valence-corrected chi connectivity index (χ0v) is 15.5. The van der Waals surface area contributed by atoms with Crippen LogP contribution in [0.3, 0.4) is 0 Å². The molecule has 3 aromatic rings. The molecule has 0 saturated heterocycles. The summed E-state index contributed by atoms with van der Waals surface area (Å²) in [5, 5.41) is 6.91. The van der Waals surface area contributed by atoms with Crippen LogP contribution < -0.4 is 5.32 Å². The number of hydrogen-bond donors (Lipinski definition) is 1. The number of nitrogens with zero attached hydrogens (tertiary/aromatic N) is 1. The van der Waals surface area contributed by atoms with Crippen molar-refractivity contribution < 1.29 is 18.8 Å². The fourth-order valence-electron chi connectivity index (χ4n) is 2.22. The highest BCUT2D eigenvalue weighted by atomic mass is 35.5. The summed E-state index contributed by atoms with van der Waals surface area (Å²) in [6.45, 7) is -0.347. The fraction of sp³-hybridized carbons (Fsp3) is 0.105. The second-order valence-corrected chi connectivity index (χ2v) is 6.34. The van der Waals surface area contributed by atoms with Gasteiger partial charge >= 0.3 is 5.97 Å². The van der Waals surface area contributed by atoms with E-state index in [0.717, 1.165) is 5.56 Å². The molecule has 0 fully saturated rings. The van der Waals surface area contributed by atoms with E-state index in [1.54, 1.807) is 6.07 Å². The first-order valence-corrected chi connectivity index (χ1v) is 8.68. The zero-order chi connectivity index (χ0) is 19.2. The molecular formula is C19H14Cl2N2O4. The summed E-state index contributed by atoms with van der Waals surface area (Å²) in [6, 6.07) is 15.6. The lowest BCUT2D eigenvalue weighted by molar-refractivity contribution is -0.143. The van der Waals surface area contributed by atoms with Gasteiger partial charge in [0.05, 0.1) is 10.0 Å². The van der Waals surface area contributed by atoms with Gasteiger partial charge in [-0.3, -0.25) is 9.59 Å². The van der Waals surface area contributed by atoms with Crippen molar-refractivity contribution in [3.8, 4) is 11.3 Å². The molecule has 0 unspecified atom stereocenters. The van der Waals surface area contributed by atoms with Gasteiger partial charge in [0, 0.05) is 17.2 Å². The van der Waals surface area contributed by atoms with Gasteiger partial charge in [0.2, 0.25) is 0 Å². The van der Waals surface area contributed by atoms with Gasteiger partial charge in [0.1, 0.15) is 18.8 Å². The maximum atomic E-state index is 12.0. The van der Waals surface area contributed by atoms with Gasteiger partial charge in [-0.25, -0.2) is 0 Å². The Kier molecular flexibility index (Phi) is 6.11. The Morgan fingerprint density at radius 3 is 2.56 bits per heavy atom. The van der Waals surface area contributed by atoms with Crippen molar-refractivity contribution in [2.45, 2.75) is 6.61 Å². The topological polar surface area (TPSA) is 81.4 Å². The van der Waals surface area contributed by atoms with Crippen LogP contribution >= 0.6 is 23.2 Å². The van der Waals surface area contributed by atoms with E-state index < -0.39 is 11.9 Å². The van der Waals surface area contributed by atoms with Crippen molar-refractivity contribution in [1.82, 2.24) is 10.5 Å². The number of aromatic nitrogens is 1. The van der Waals surface area contributed by atoms with Gasteiger partial charge in [0.15, 0.2) is 5.76 Å². The molecule has 1 aromatic heterocycles. The quantitative estimate of drug-likeness (QED) is 0.624. The molecule has 0 saturated carbocycles. The van der Waals surface area contributed by atoms with E-state index >= 15 is 0 Å². The number of benzene rings is 2. The summed E-state index contributed by atoms with van der Waals surface area (Å²) in [4.78, 5) is 23.8. The molecule has 3 rings (SSSR count). The first-order chi connectivity index (χ1) is 13.0. The SMILES string of the molecule is O=C(CNC(=O)c1ccc(Cl)c(Cl)c1)OCc1cc(-c2ccccc2)on1. The van der Waals surface area contributed by atoms with Crippen molar-refractivity contribution in [1.29, 1.82) is 0 Å². The third-order valence-corrected chi connectivity index (χ3v) is 4.31. The number of nitrogens with one attached hydrogen (secondary N) is 1. The Morgan fingerprint density at radius 2 is 1.81 bits per heavy atom. The second kappa shape index (κ2) is 8.70. The minimum absolute atomic E-state index is 0.0577. The summed E-state index contributed by atoms with van der Waals surface area (Å²) in [5.41, 5.74) is 1.63. The molecule has 138 valence electrons. The maximum absolute atomic E-state index is 12.0. The number of ether oxygens (including phenoxy) is 1. The summed E-state index contributed by atoms with van der Waals surface area (Å²) >= 11 is 11.7. The number of carbonyl (C=O) groups excluding carboxylic acids is 2. The zero-order valence-electron chi connectivity index (χ0n) is 13.9. The molecule has 0 radical (unpaired) electrons. The van der Waals surface area contributed by atoms with Gasteiger partial charge in [0.25, 0.3) is 5.91 Å². The number of hydrogen-bond acceptors (Lipinski definition) is 5. The molecule has 0 aliphatic carbocycles.